The first-order chi connectivity index (χ1) is 11.0. The van der Waals surface area contributed by atoms with Crippen molar-refractivity contribution in [3.8, 4) is 5.75 Å². The van der Waals surface area contributed by atoms with E-state index < -0.39 is 0 Å². The number of carbonyl (C=O) groups is 2. The summed E-state index contributed by atoms with van der Waals surface area (Å²) in [6.07, 6.45) is 0. The third-order valence-corrected chi connectivity index (χ3v) is 3.80. The Morgan fingerprint density at radius 1 is 1.22 bits per heavy atom. The van der Waals surface area contributed by atoms with Crippen molar-refractivity contribution in [3.63, 3.8) is 0 Å². The number of hydrogen-bond donors (Lipinski definition) is 2. The molecule has 0 fully saturated rings. The Bertz CT molecular complexity index is 638. The van der Waals surface area contributed by atoms with E-state index in [9.17, 15) is 9.59 Å². The van der Waals surface area contributed by atoms with E-state index in [2.05, 4.69) is 10.6 Å². The first-order valence-electron chi connectivity index (χ1n) is 7.34. The molecule has 6 heteroatoms. The summed E-state index contributed by atoms with van der Waals surface area (Å²) in [5.41, 5.74) is 1.73. The number of benzene rings is 1. The summed E-state index contributed by atoms with van der Waals surface area (Å²) in [5, 5.41) is 8.93. The van der Waals surface area contributed by atoms with Crippen LogP contribution in [0.1, 0.15) is 22.8 Å². The monoisotopic (exact) mass is 332 g/mol. The van der Waals surface area contributed by atoms with Crippen LogP contribution in [0.15, 0.2) is 41.1 Å². The molecule has 0 saturated carbocycles. The first-order valence-corrected chi connectivity index (χ1v) is 8.28. The highest BCUT2D eigenvalue weighted by molar-refractivity contribution is 7.08. The Hall–Kier alpha value is -2.34. The minimum absolute atomic E-state index is 0.0520. The van der Waals surface area contributed by atoms with Gasteiger partial charge in [0.15, 0.2) is 0 Å². The van der Waals surface area contributed by atoms with Gasteiger partial charge in [-0.1, -0.05) is 17.7 Å². The average molecular weight is 332 g/mol. The molecule has 5 nitrogen and oxygen atoms in total. The van der Waals surface area contributed by atoms with Crippen LogP contribution in [0.4, 0.5) is 0 Å². The quantitative estimate of drug-likeness (QED) is 0.818. The molecule has 0 bridgehead atoms. The van der Waals surface area contributed by atoms with Crippen molar-refractivity contribution in [2.24, 2.45) is 0 Å². The van der Waals surface area contributed by atoms with E-state index in [1.165, 1.54) is 16.9 Å². The number of thiophene rings is 1. The van der Waals surface area contributed by atoms with Gasteiger partial charge in [-0.2, -0.15) is 11.3 Å². The second-order valence-electron chi connectivity index (χ2n) is 5.29. The number of ether oxygens (including phenoxy) is 1. The fourth-order valence-corrected chi connectivity index (χ4v) is 2.52. The van der Waals surface area contributed by atoms with Crippen molar-refractivity contribution in [1.29, 1.82) is 0 Å². The first kappa shape index (κ1) is 17.0. The summed E-state index contributed by atoms with van der Waals surface area (Å²) in [5.74, 6) is 0.279. The number of amides is 2. The second kappa shape index (κ2) is 8.33. The zero-order valence-electron chi connectivity index (χ0n) is 13.2. The molecule has 0 aliphatic carbocycles. The zero-order valence-corrected chi connectivity index (χ0v) is 14.0. The van der Waals surface area contributed by atoms with Gasteiger partial charge in [0, 0.05) is 10.9 Å². The van der Waals surface area contributed by atoms with Crippen molar-refractivity contribution >= 4 is 23.2 Å². The molecule has 1 heterocycles. The van der Waals surface area contributed by atoms with Gasteiger partial charge < -0.3 is 15.4 Å². The van der Waals surface area contributed by atoms with Crippen LogP contribution in [0.25, 0.3) is 0 Å². The van der Waals surface area contributed by atoms with Crippen LogP contribution in [-0.4, -0.2) is 31.0 Å². The second-order valence-corrected chi connectivity index (χ2v) is 6.07. The summed E-state index contributed by atoms with van der Waals surface area (Å²) in [4.78, 5) is 23.5. The molecule has 0 aliphatic rings. The standard InChI is InChI=1S/C17H20N2O3S/c1-12-3-5-15(6-4-12)22-10-13(2)19-16(20)9-18-17(21)14-7-8-23-11-14/h3-8,11,13H,9-10H2,1-2H3,(H,18,21)(H,19,20). The molecule has 0 radical (unpaired) electrons. The highest BCUT2D eigenvalue weighted by atomic mass is 32.1. The molecule has 23 heavy (non-hydrogen) atoms. The Kier molecular flexibility index (Phi) is 6.17. The fourth-order valence-electron chi connectivity index (χ4n) is 1.88. The largest absolute Gasteiger partial charge is 0.491 e. The Morgan fingerprint density at radius 2 is 1.96 bits per heavy atom. The van der Waals surface area contributed by atoms with Gasteiger partial charge in [0.2, 0.25) is 5.91 Å². The molecule has 1 unspecified atom stereocenters. The smallest absolute Gasteiger partial charge is 0.252 e. The van der Waals surface area contributed by atoms with E-state index in [1.54, 1.807) is 11.4 Å². The van der Waals surface area contributed by atoms with Crippen molar-refractivity contribution in [2.45, 2.75) is 19.9 Å². The number of hydrogen-bond acceptors (Lipinski definition) is 4. The van der Waals surface area contributed by atoms with Crippen LogP contribution in [-0.2, 0) is 4.79 Å². The molecule has 1 aromatic carbocycles. The van der Waals surface area contributed by atoms with Crippen molar-refractivity contribution < 1.29 is 14.3 Å². The molecule has 2 N–H and O–H groups in total. The van der Waals surface area contributed by atoms with Crippen LogP contribution >= 0.6 is 11.3 Å². The van der Waals surface area contributed by atoms with E-state index in [1.807, 2.05) is 43.5 Å². The highest BCUT2D eigenvalue weighted by Crippen LogP contribution is 2.11. The van der Waals surface area contributed by atoms with E-state index >= 15 is 0 Å². The third-order valence-electron chi connectivity index (χ3n) is 3.12. The lowest BCUT2D eigenvalue weighted by molar-refractivity contribution is -0.120. The molecule has 2 rings (SSSR count). The minimum Gasteiger partial charge on any atom is -0.491 e. The van der Waals surface area contributed by atoms with Gasteiger partial charge in [0.1, 0.15) is 12.4 Å². The van der Waals surface area contributed by atoms with Gasteiger partial charge in [-0.3, -0.25) is 9.59 Å². The molecular formula is C17H20N2O3S. The van der Waals surface area contributed by atoms with Crippen LogP contribution in [0, 0.1) is 6.92 Å². The van der Waals surface area contributed by atoms with E-state index in [0.29, 0.717) is 12.2 Å². The average Bonchev–Trinajstić information content (AvgIpc) is 3.06. The Balaban J connectivity index is 1.68. The van der Waals surface area contributed by atoms with Crippen molar-refractivity contribution in [3.05, 3.63) is 52.2 Å². The predicted molar refractivity (Wildman–Crippen MR) is 90.9 cm³/mol. The van der Waals surface area contributed by atoms with Gasteiger partial charge in [0.05, 0.1) is 12.6 Å². The highest BCUT2D eigenvalue weighted by Gasteiger charge is 2.11. The number of aryl methyl sites for hydroxylation is 1. The summed E-state index contributed by atoms with van der Waals surface area (Å²) in [6.45, 7) is 4.18. The summed E-state index contributed by atoms with van der Waals surface area (Å²) in [6, 6.07) is 9.30. The maximum Gasteiger partial charge on any atom is 0.252 e. The molecule has 1 aromatic heterocycles. The number of rotatable bonds is 7. The fraction of sp³-hybridized carbons (Fsp3) is 0.294. The lowest BCUT2D eigenvalue weighted by Gasteiger charge is -2.15. The molecule has 2 aromatic rings. The molecule has 1 atom stereocenters. The Labute approximate surface area is 139 Å². The summed E-state index contributed by atoms with van der Waals surface area (Å²) < 4.78 is 5.61. The molecule has 122 valence electrons. The van der Waals surface area contributed by atoms with Gasteiger partial charge in [-0.15, -0.1) is 0 Å². The topological polar surface area (TPSA) is 67.4 Å². The minimum atomic E-state index is -0.245. The van der Waals surface area contributed by atoms with Gasteiger partial charge in [-0.05, 0) is 37.4 Å². The van der Waals surface area contributed by atoms with E-state index in [4.69, 9.17) is 4.74 Å². The zero-order chi connectivity index (χ0) is 16.7. The van der Waals surface area contributed by atoms with Crippen LogP contribution in [0.5, 0.6) is 5.75 Å². The normalized spacial score (nSPS) is 11.6. The molecule has 0 spiro atoms. The van der Waals surface area contributed by atoms with Gasteiger partial charge in [-0.25, -0.2) is 0 Å². The van der Waals surface area contributed by atoms with Crippen molar-refractivity contribution in [2.75, 3.05) is 13.2 Å². The number of carbonyl (C=O) groups excluding carboxylic acids is 2. The van der Waals surface area contributed by atoms with Crippen molar-refractivity contribution in [1.82, 2.24) is 10.6 Å². The lowest BCUT2D eigenvalue weighted by Crippen LogP contribution is -2.43. The molecular weight excluding hydrogens is 312 g/mol. The van der Waals surface area contributed by atoms with E-state index in [-0.39, 0.29) is 24.4 Å². The van der Waals surface area contributed by atoms with Gasteiger partial charge >= 0.3 is 0 Å². The maximum atomic E-state index is 11.8. The molecule has 0 saturated heterocycles. The third kappa shape index (κ3) is 5.75. The predicted octanol–water partition coefficient (Wildman–Crippen LogP) is 2.37. The molecule has 2 amide bonds. The van der Waals surface area contributed by atoms with E-state index in [0.717, 1.165) is 5.75 Å². The Morgan fingerprint density at radius 3 is 2.61 bits per heavy atom. The van der Waals surface area contributed by atoms with Crippen LogP contribution in [0.2, 0.25) is 0 Å². The lowest BCUT2D eigenvalue weighted by atomic mass is 10.2. The molecule has 0 aliphatic heterocycles. The van der Waals surface area contributed by atoms with Gasteiger partial charge in [0.25, 0.3) is 5.91 Å². The SMILES string of the molecule is Cc1ccc(OCC(C)NC(=O)CNC(=O)c2ccsc2)cc1. The van der Waals surface area contributed by atoms with Crippen LogP contribution < -0.4 is 15.4 Å². The summed E-state index contributed by atoms with van der Waals surface area (Å²) in [7, 11) is 0. The number of nitrogens with one attached hydrogen (secondary N) is 2. The summed E-state index contributed by atoms with van der Waals surface area (Å²) >= 11 is 1.44. The van der Waals surface area contributed by atoms with Crippen LogP contribution in [0.3, 0.4) is 0 Å². The maximum absolute atomic E-state index is 11.8.